The largest absolute Gasteiger partial charge is 0.469 e. The van der Waals surface area contributed by atoms with Crippen molar-refractivity contribution < 1.29 is 19.6 Å². The van der Waals surface area contributed by atoms with Crippen LogP contribution in [0.4, 0.5) is 5.69 Å². The Balaban J connectivity index is 2.91. The van der Waals surface area contributed by atoms with Crippen molar-refractivity contribution in [2.45, 2.75) is 19.4 Å². The van der Waals surface area contributed by atoms with Crippen molar-refractivity contribution in [2.75, 3.05) is 7.11 Å². The monoisotopic (exact) mass is 253 g/mol. The van der Waals surface area contributed by atoms with Crippen LogP contribution in [0, 0.1) is 16.0 Å². The summed E-state index contributed by atoms with van der Waals surface area (Å²) in [6.07, 6.45) is -0.603. The zero-order chi connectivity index (χ0) is 13.7. The van der Waals surface area contributed by atoms with Crippen LogP contribution in [0.1, 0.15) is 25.0 Å². The second-order valence-electron chi connectivity index (χ2n) is 3.83. The number of aliphatic hydroxyl groups is 1. The lowest BCUT2D eigenvalue weighted by Crippen LogP contribution is -2.22. The third-order valence-corrected chi connectivity index (χ3v) is 2.77. The summed E-state index contributed by atoms with van der Waals surface area (Å²) in [5.41, 5.74) is 0.398. The van der Waals surface area contributed by atoms with Gasteiger partial charge in [0.25, 0.3) is 5.69 Å². The number of ether oxygens (including phenoxy) is 1. The highest BCUT2D eigenvalue weighted by molar-refractivity contribution is 5.73. The average molecular weight is 253 g/mol. The third kappa shape index (κ3) is 3.04. The van der Waals surface area contributed by atoms with Crippen molar-refractivity contribution in [2.24, 2.45) is 5.92 Å². The molecular weight excluding hydrogens is 238 g/mol. The summed E-state index contributed by atoms with van der Waals surface area (Å²) in [5, 5.41) is 20.5. The molecule has 0 aliphatic heterocycles. The first-order valence-corrected chi connectivity index (χ1v) is 5.51. The van der Waals surface area contributed by atoms with E-state index < -0.39 is 22.9 Å². The maximum atomic E-state index is 11.4. The first kappa shape index (κ1) is 14.1. The average Bonchev–Trinajstić information content (AvgIpc) is 2.39. The molecule has 0 unspecified atom stereocenters. The maximum Gasteiger partial charge on any atom is 0.311 e. The Bertz CT molecular complexity index is 429. The molecule has 0 amide bonds. The highest BCUT2D eigenvalue weighted by Crippen LogP contribution is 2.27. The predicted molar refractivity (Wildman–Crippen MR) is 63.9 cm³/mol. The normalized spacial score (nSPS) is 13.7. The van der Waals surface area contributed by atoms with Crippen molar-refractivity contribution in [3.8, 4) is 0 Å². The van der Waals surface area contributed by atoms with Crippen LogP contribution in [0.15, 0.2) is 24.3 Å². The lowest BCUT2D eigenvalue weighted by atomic mass is 9.93. The minimum Gasteiger partial charge on any atom is -0.469 e. The highest BCUT2D eigenvalue weighted by Gasteiger charge is 2.27. The number of carbonyl (C=O) groups is 1. The van der Waals surface area contributed by atoms with Gasteiger partial charge in [-0.15, -0.1) is 0 Å². The summed E-state index contributed by atoms with van der Waals surface area (Å²) in [6, 6.07) is 5.47. The van der Waals surface area contributed by atoms with Gasteiger partial charge in [0, 0.05) is 12.1 Å². The highest BCUT2D eigenvalue weighted by atomic mass is 16.6. The number of esters is 1. The van der Waals surface area contributed by atoms with Crippen LogP contribution in [-0.4, -0.2) is 23.1 Å². The quantitative estimate of drug-likeness (QED) is 0.491. The van der Waals surface area contributed by atoms with E-state index in [-0.39, 0.29) is 5.69 Å². The van der Waals surface area contributed by atoms with Gasteiger partial charge in [-0.05, 0) is 24.1 Å². The zero-order valence-electron chi connectivity index (χ0n) is 10.2. The number of nitrogens with zero attached hydrogens (tertiary/aromatic N) is 1. The molecule has 1 rings (SSSR count). The van der Waals surface area contributed by atoms with E-state index >= 15 is 0 Å². The first-order chi connectivity index (χ1) is 8.51. The molecule has 0 aliphatic rings. The number of non-ortho nitro benzene ring substituents is 1. The van der Waals surface area contributed by atoms with E-state index in [1.165, 1.54) is 31.4 Å². The summed E-state index contributed by atoms with van der Waals surface area (Å²) in [6.45, 7) is 1.76. The maximum absolute atomic E-state index is 11.4. The van der Waals surface area contributed by atoms with Crippen molar-refractivity contribution in [3.05, 3.63) is 39.9 Å². The summed E-state index contributed by atoms with van der Waals surface area (Å²) in [5.74, 6) is -1.17. The lowest BCUT2D eigenvalue weighted by molar-refractivity contribution is -0.384. The first-order valence-electron chi connectivity index (χ1n) is 5.51. The van der Waals surface area contributed by atoms with Crippen molar-refractivity contribution in [1.82, 2.24) is 0 Å². The van der Waals surface area contributed by atoms with Gasteiger partial charge in [-0.1, -0.05) is 6.92 Å². The number of nitro benzene ring substituents is 1. The molecule has 18 heavy (non-hydrogen) atoms. The number of rotatable bonds is 5. The van der Waals surface area contributed by atoms with E-state index in [1.54, 1.807) is 6.92 Å². The fraction of sp³-hybridized carbons (Fsp3) is 0.417. The molecule has 1 N–H and O–H groups in total. The van der Waals surface area contributed by atoms with Gasteiger partial charge in [-0.3, -0.25) is 14.9 Å². The van der Waals surface area contributed by atoms with Crippen molar-refractivity contribution >= 4 is 11.7 Å². The summed E-state index contributed by atoms with van der Waals surface area (Å²) in [4.78, 5) is 21.4. The van der Waals surface area contributed by atoms with E-state index in [2.05, 4.69) is 4.74 Å². The van der Waals surface area contributed by atoms with Gasteiger partial charge < -0.3 is 9.84 Å². The molecule has 0 heterocycles. The van der Waals surface area contributed by atoms with Crippen molar-refractivity contribution in [1.29, 1.82) is 0 Å². The minimum atomic E-state index is -1.02. The molecule has 0 saturated carbocycles. The van der Waals surface area contributed by atoms with Crippen LogP contribution in [0.2, 0.25) is 0 Å². The molecule has 0 fully saturated rings. The third-order valence-electron chi connectivity index (χ3n) is 2.77. The zero-order valence-corrected chi connectivity index (χ0v) is 10.2. The minimum absolute atomic E-state index is 0.0583. The fourth-order valence-electron chi connectivity index (χ4n) is 1.70. The van der Waals surface area contributed by atoms with Gasteiger partial charge in [-0.25, -0.2) is 0 Å². The topological polar surface area (TPSA) is 89.7 Å². The molecule has 2 atom stereocenters. The van der Waals surface area contributed by atoms with Gasteiger partial charge in [-0.2, -0.15) is 0 Å². The van der Waals surface area contributed by atoms with Crippen LogP contribution in [-0.2, 0) is 9.53 Å². The molecular formula is C12H15NO5. The molecule has 0 spiro atoms. The number of methoxy groups -OCH3 is 1. The molecule has 0 bridgehead atoms. The number of carbonyl (C=O) groups excluding carboxylic acids is 1. The van der Waals surface area contributed by atoms with E-state index in [1.807, 2.05) is 0 Å². The lowest BCUT2D eigenvalue weighted by Gasteiger charge is -2.19. The Hall–Kier alpha value is -1.95. The second kappa shape index (κ2) is 6.11. The van der Waals surface area contributed by atoms with Gasteiger partial charge in [0.15, 0.2) is 0 Å². The SMILES string of the molecule is CC[C@@H](C(=O)OC)[C@H](O)c1ccc([N+](=O)[O-])cc1. The van der Waals surface area contributed by atoms with Crippen LogP contribution >= 0.6 is 0 Å². The molecule has 0 saturated heterocycles. The van der Waals surface area contributed by atoms with Crippen LogP contribution < -0.4 is 0 Å². The number of nitro groups is 1. The molecule has 1 aromatic rings. The number of benzene rings is 1. The number of aliphatic hydroxyl groups excluding tert-OH is 1. The van der Waals surface area contributed by atoms with Gasteiger partial charge in [0.05, 0.1) is 24.1 Å². The van der Waals surface area contributed by atoms with Crippen molar-refractivity contribution in [3.63, 3.8) is 0 Å². The van der Waals surface area contributed by atoms with E-state index in [9.17, 15) is 20.0 Å². The Morgan fingerprint density at radius 3 is 2.39 bits per heavy atom. The molecule has 6 nitrogen and oxygen atoms in total. The second-order valence-corrected chi connectivity index (χ2v) is 3.83. The number of hydrogen-bond acceptors (Lipinski definition) is 5. The molecule has 0 aliphatic carbocycles. The molecule has 98 valence electrons. The van der Waals surface area contributed by atoms with Gasteiger partial charge >= 0.3 is 5.97 Å². The predicted octanol–water partition coefficient (Wildman–Crippen LogP) is 1.83. The molecule has 0 radical (unpaired) electrons. The Morgan fingerprint density at radius 1 is 1.44 bits per heavy atom. The van der Waals surface area contributed by atoms with Gasteiger partial charge in [0.1, 0.15) is 0 Å². The Labute approximate surface area is 104 Å². The summed E-state index contributed by atoms with van der Waals surface area (Å²) < 4.78 is 4.60. The van der Waals surface area contributed by atoms with Gasteiger partial charge in [0.2, 0.25) is 0 Å². The smallest absolute Gasteiger partial charge is 0.311 e. The summed E-state index contributed by atoms with van der Waals surface area (Å²) >= 11 is 0. The summed E-state index contributed by atoms with van der Waals surface area (Å²) in [7, 11) is 1.26. The fourth-order valence-corrected chi connectivity index (χ4v) is 1.70. The number of hydrogen-bond donors (Lipinski definition) is 1. The van der Waals surface area contributed by atoms with Crippen LogP contribution in [0.25, 0.3) is 0 Å². The molecule has 0 aromatic heterocycles. The van der Waals surface area contributed by atoms with E-state index in [4.69, 9.17) is 0 Å². The van der Waals surface area contributed by atoms with E-state index in [0.717, 1.165) is 0 Å². The van der Waals surface area contributed by atoms with Crippen LogP contribution in [0.5, 0.6) is 0 Å². The standard InChI is InChI=1S/C12H15NO5/c1-3-10(12(15)18-2)11(14)8-4-6-9(7-5-8)13(16)17/h4-7,10-11,14H,3H2,1-2H3/t10-,11-/m1/s1. The molecule has 6 heteroatoms. The Morgan fingerprint density at radius 2 is 2.00 bits per heavy atom. The van der Waals surface area contributed by atoms with Crippen LogP contribution in [0.3, 0.4) is 0 Å². The van der Waals surface area contributed by atoms with E-state index in [0.29, 0.717) is 12.0 Å². The Kier molecular flexibility index (Phi) is 4.79. The molecule has 1 aromatic carbocycles.